The molecule has 0 amide bonds. The lowest BCUT2D eigenvalue weighted by molar-refractivity contribution is -0.385. The second-order valence-electron chi connectivity index (χ2n) is 5.40. The van der Waals surface area contributed by atoms with E-state index < -0.39 is 0 Å². The van der Waals surface area contributed by atoms with Crippen molar-refractivity contribution in [3.63, 3.8) is 0 Å². The van der Waals surface area contributed by atoms with Crippen molar-refractivity contribution in [2.75, 3.05) is 6.54 Å². The third-order valence-corrected chi connectivity index (χ3v) is 3.06. The van der Waals surface area contributed by atoms with E-state index >= 15 is 0 Å². The maximum absolute atomic E-state index is 10.8. The maximum atomic E-state index is 10.8. The van der Waals surface area contributed by atoms with Gasteiger partial charge in [0.2, 0.25) is 5.89 Å². The van der Waals surface area contributed by atoms with Crippen molar-refractivity contribution in [3.05, 3.63) is 46.0 Å². The number of aromatic nitrogens is 1. The van der Waals surface area contributed by atoms with Crippen molar-refractivity contribution in [3.8, 4) is 11.3 Å². The molecule has 6 nitrogen and oxygen atoms in total. The van der Waals surface area contributed by atoms with Gasteiger partial charge in [-0.3, -0.25) is 10.1 Å². The molecule has 21 heavy (non-hydrogen) atoms. The minimum Gasteiger partial charge on any atom is -0.439 e. The summed E-state index contributed by atoms with van der Waals surface area (Å²) in [5.41, 5.74) is 1.51. The molecule has 0 spiro atoms. The Labute approximate surface area is 123 Å². The van der Waals surface area contributed by atoms with Crippen LogP contribution in [0.2, 0.25) is 0 Å². The Morgan fingerprint density at radius 1 is 1.43 bits per heavy atom. The van der Waals surface area contributed by atoms with Gasteiger partial charge in [-0.2, -0.15) is 0 Å². The Morgan fingerprint density at radius 3 is 2.81 bits per heavy atom. The van der Waals surface area contributed by atoms with Crippen LogP contribution >= 0.6 is 0 Å². The van der Waals surface area contributed by atoms with Crippen molar-refractivity contribution in [1.29, 1.82) is 0 Å². The molecule has 6 heteroatoms. The van der Waals surface area contributed by atoms with Crippen molar-refractivity contribution in [1.82, 2.24) is 10.3 Å². The number of hydrogen-bond donors (Lipinski definition) is 1. The number of aryl methyl sites for hydroxylation is 1. The first kappa shape index (κ1) is 15.2. The zero-order valence-corrected chi connectivity index (χ0v) is 12.4. The molecular weight excluding hydrogens is 270 g/mol. The lowest BCUT2D eigenvalue weighted by Crippen LogP contribution is -2.18. The monoisotopic (exact) mass is 289 g/mol. The maximum Gasteiger partial charge on any atom is 0.272 e. The van der Waals surface area contributed by atoms with Crippen molar-refractivity contribution in [2.24, 2.45) is 5.92 Å². The second-order valence-corrected chi connectivity index (χ2v) is 5.40. The number of nitrogens with one attached hydrogen (secondary N) is 1. The fourth-order valence-corrected chi connectivity index (χ4v) is 2.01. The minimum absolute atomic E-state index is 0.108. The molecule has 1 aromatic heterocycles. The third-order valence-electron chi connectivity index (χ3n) is 3.06. The van der Waals surface area contributed by atoms with Gasteiger partial charge in [-0.05, 0) is 31.5 Å². The molecule has 2 aromatic rings. The number of nitro groups is 1. The van der Waals surface area contributed by atoms with Crippen LogP contribution in [-0.2, 0) is 6.54 Å². The molecule has 0 radical (unpaired) electrons. The molecule has 0 unspecified atom stereocenters. The number of benzene rings is 1. The van der Waals surface area contributed by atoms with Crippen LogP contribution in [-0.4, -0.2) is 16.5 Å². The Morgan fingerprint density at radius 2 is 2.19 bits per heavy atom. The van der Waals surface area contributed by atoms with Gasteiger partial charge in [-0.1, -0.05) is 13.8 Å². The molecule has 0 aliphatic rings. The highest BCUT2D eigenvalue weighted by Crippen LogP contribution is 2.26. The van der Waals surface area contributed by atoms with Gasteiger partial charge in [0, 0.05) is 17.2 Å². The van der Waals surface area contributed by atoms with Crippen LogP contribution in [0.4, 0.5) is 5.69 Å². The molecule has 0 saturated heterocycles. The summed E-state index contributed by atoms with van der Waals surface area (Å²) in [7, 11) is 0. The first-order chi connectivity index (χ1) is 9.97. The highest BCUT2D eigenvalue weighted by molar-refractivity contribution is 5.61. The van der Waals surface area contributed by atoms with Crippen LogP contribution in [0.15, 0.2) is 28.8 Å². The van der Waals surface area contributed by atoms with Crippen molar-refractivity contribution >= 4 is 5.69 Å². The minimum atomic E-state index is -0.388. The standard InChI is InChI=1S/C15H19N3O3/c1-10(2)7-16-9-15-17-8-14(21-15)12-4-5-13(18(19)20)11(3)6-12/h4-6,8,10,16H,7,9H2,1-3H3. The van der Waals surface area contributed by atoms with Gasteiger partial charge in [0.05, 0.1) is 17.7 Å². The Balaban J connectivity index is 2.10. The highest BCUT2D eigenvalue weighted by Gasteiger charge is 2.13. The van der Waals surface area contributed by atoms with Gasteiger partial charge in [0.1, 0.15) is 0 Å². The van der Waals surface area contributed by atoms with Crippen molar-refractivity contribution in [2.45, 2.75) is 27.3 Å². The smallest absolute Gasteiger partial charge is 0.272 e. The van der Waals surface area contributed by atoms with Crippen LogP contribution < -0.4 is 5.32 Å². The van der Waals surface area contributed by atoms with Gasteiger partial charge in [-0.15, -0.1) is 0 Å². The number of hydrogen-bond acceptors (Lipinski definition) is 5. The topological polar surface area (TPSA) is 81.2 Å². The van der Waals surface area contributed by atoms with Gasteiger partial charge in [0.15, 0.2) is 5.76 Å². The Kier molecular flexibility index (Phi) is 4.70. The Bertz CT molecular complexity index is 635. The molecule has 0 atom stereocenters. The predicted molar refractivity (Wildman–Crippen MR) is 79.9 cm³/mol. The number of nitro benzene ring substituents is 1. The zero-order chi connectivity index (χ0) is 15.4. The molecule has 0 fully saturated rings. The molecule has 0 aliphatic heterocycles. The molecule has 112 valence electrons. The molecular formula is C15H19N3O3. The largest absolute Gasteiger partial charge is 0.439 e. The van der Waals surface area contributed by atoms with Gasteiger partial charge < -0.3 is 9.73 Å². The molecule has 1 aromatic carbocycles. The lowest BCUT2D eigenvalue weighted by Gasteiger charge is -2.04. The van der Waals surface area contributed by atoms with E-state index in [0.717, 1.165) is 12.1 Å². The molecule has 0 aliphatic carbocycles. The molecule has 0 saturated carbocycles. The normalized spacial score (nSPS) is 11.0. The summed E-state index contributed by atoms with van der Waals surface area (Å²) in [5.74, 6) is 1.80. The molecule has 1 N–H and O–H groups in total. The molecule has 0 bridgehead atoms. The predicted octanol–water partition coefficient (Wildman–Crippen LogP) is 3.30. The van der Waals surface area contributed by atoms with Gasteiger partial charge >= 0.3 is 0 Å². The quantitative estimate of drug-likeness (QED) is 0.651. The van der Waals surface area contributed by atoms with Gasteiger partial charge in [0.25, 0.3) is 5.69 Å². The van der Waals surface area contributed by atoms with Crippen LogP contribution in [0.3, 0.4) is 0 Å². The third kappa shape index (κ3) is 3.88. The van der Waals surface area contributed by atoms with E-state index in [1.54, 1.807) is 25.3 Å². The summed E-state index contributed by atoms with van der Waals surface area (Å²) >= 11 is 0. The number of oxazole rings is 1. The van der Waals surface area contributed by atoms with E-state index in [1.165, 1.54) is 6.07 Å². The van der Waals surface area contributed by atoms with E-state index in [4.69, 9.17) is 4.42 Å². The molecule has 1 heterocycles. The van der Waals surface area contributed by atoms with Crippen LogP contribution in [0, 0.1) is 23.0 Å². The molecule has 2 rings (SSSR count). The van der Waals surface area contributed by atoms with E-state index in [9.17, 15) is 10.1 Å². The average molecular weight is 289 g/mol. The average Bonchev–Trinajstić information content (AvgIpc) is 2.86. The highest BCUT2D eigenvalue weighted by atomic mass is 16.6. The first-order valence-electron chi connectivity index (χ1n) is 6.88. The first-order valence-corrected chi connectivity index (χ1v) is 6.88. The second kappa shape index (κ2) is 6.49. The van der Waals surface area contributed by atoms with Crippen LogP contribution in [0.5, 0.6) is 0 Å². The number of rotatable bonds is 6. The van der Waals surface area contributed by atoms with Gasteiger partial charge in [-0.25, -0.2) is 4.98 Å². The van der Waals surface area contributed by atoms with E-state index in [2.05, 4.69) is 24.1 Å². The summed E-state index contributed by atoms with van der Waals surface area (Å²) in [4.78, 5) is 14.6. The summed E-state index contributed by atoms with van der Waals surface area (Å²) in [6, 6.07) is 4.91. The van der Waals surface area contributed by atoms with E-state index in [-0.39, 0.29) is 10.6 Å². The fourth-order valence-electron chi connectivity index (χ4n) is 2.01. The Hall–Kier alpha value is -2.21. The van der Waals surface area contributed by atoms with E-state index in [1.807, 2.05) is 0 Å². The van der Waals surface area contributed by atoms with Crippen LogP contribution in [0.25, 0.3) is 11.3 Å². The summed E-state index contributed by atoms with van der Waals surface area (Å²) in [5, 5.41) is 14.1. The van der Waals surface area contributed by atoms with E-state index in [0.29, 0.717) is 29.7 Å². The fraction of sp³-hybridized carbons (Fsp3) is 0.400. The SMILES string of the molecule is Cc1cc(-c2cnc(CNCC(C)C)o2)ccc1[N+](=O)[O-]. The number of nitrogens with zero attached hydrogens (tertiary/aromatic N) is 2. The van der Waals surface area contributed by atoms with Crippen molar-refractivity contribution < 1.29 is 9.34 Å². The van der Waals surface area contributed by atoms with Crippen LogP contribution in [0.1, 0.15) is 25.3 Å². The zero-order valence-electron chi connectivity index (χ0n) is 12.4. The summed E-state index contributed by atoms with van der Waals surface area (Å²) in [6.07, 6.45) is 1.65. The summed E-state index contributed by atoms with van der Waals surface area (Å²) in [6.45, 7) is 7.45. The lowest BCUT2D eigenvalue weighted by atomic mass is 10.1. The summed E-state index contributed by atoms with van der Waals surface area (Å²) < 4.78 is 5.66.